The van der Waals surface area contributed by atoms with Crippen molar-refractivity contribution in [1.29, 1.82) is 0 Å². The Labute approximate surface area is 101 Å². The average molecular weight is 267 g/mol. The van der Waals surface area contributed by atoms with Crippen LogP contribution in [0.15, 0.2) is 0 Å². The smallest absolute Gasteiger partial charge is 0.306 e. The molecular formula is C9H17NO6S. The van der Waals surface area contributed by atoms with E-state index in [4.69, 9.17) is 0 Å². The fourth-order valence-corrected chi connectivity index (χ4v) is 2.07. The second kappa shape index (κ2) is 8.02. The molecule has 0 spiro atoms. The van der Waals surface area contributed by atoms with Gasteiger partial charge in [0.05, 0.1) is 26.4 Å². The summed E-state index contributed by atoms with van der Waals surface area (Å²) in [5, 5.41) is 0. The summed E-state index contributed by atoms with van der Waals surface area (Å²) in [5.74, 6) is -1.11. The third-order valence-electron chi connectivity index (χ3n) is 1.90. The van der Waals surface area contributed by atoms with Gasteiger partial charge in [-0.2, -0.15) is 0 Å². The van der Waals surface area contributed by atoms with Crippen LogP contribution in [-0.4, -0.2) is 46.9 Å². The molecule has 0 fully saturated rings. The van der Waals surface area contributed by atoms with Gasteiger partial charge in [0.15, 0.2) is 0 Å². The molecule has 0 saturated heterocycles. The van der Waals surface area contributed by atoms with E-state index in [-0.39, 0.29) is 31.6 Å². The van der Waals surface area contributed by atoms with Gasteiger partial charge in [0, 0.05) is 13.0 Å². The molecule has 8 heteroatoms. The maximum atomic E-state index is 11.4. The number of ether oxygens (including phenoxy) is 2. The molecular weight excluding hydrogens is 250 g/mol. The summed E-state index contributed by atoms with van der Waals surface area (Å²) in [4.78, 5) is 21.5. The van der Waals surface area contributed by atoms with Gasteiger partial charge in [-0.25, -0.2) is 13.1 Å². The molecule has 0 radical (unpaired) electrons. The first-order valence-electron chi connectivity index (χ1n) is 5.02. The lowest BCUT2D eigenvalue weighted by Gasteiger charge is -2.05. The Morgan fingerprint density at radius 3 is 2.12 bits per heavy atom. The van der Waals surface area contributed by atoms with E-state index in [0.717, 1.165) is 0 Å². The highest BCUT2D eigenvalue weighted by Crippen LogP contribution is 1.96. The van der Waals surface area contributed by atoms with Gasteiger partial charge >= 0.3 is 11.9 Å². The predicted molar refractivity (Wildman–Crippen MR) is 59.7 cm³/mol. The first-order chi connectivity index (χ1) is 7.91. The van der Waals surface area contributed by atoms with Gasteiger partial charge in [-0.05, 0) is 6.42 Å². The topological polar surface area (TPSA) is 98.8 Å². The third kappa shape index (κ3) is 8.64. The first-order valence-corrected chi connectivity index (χ1v) is 6.67. The minimum atomic E-state index is -3.45. The van der Waals surface area contributed by atoms with Gasteiger partial charge in [-0.3, -0.25) is 9.59 Å². The van der Waals surface area contributed by atoms with Gasteiger partial charge in [-0.1, -0.05) is 0 Å². The van der Waals surface area contributed by atoms with Crippen molar-refractivity contribution in [2.24, 2.45) is 0 Å². The van der Waals surface area contributed by atoms with Gasteiger partial charge in [0.25, 0.3) is 0 Å². The molecule has 1 N–H and O–H groups in total. The van der Waals surface area contributed by atoms with E-state index in [1.807, 2.05) is 0 Å². The van der Waals surface area contributed by atoms with Crippen molar-refractivity contribution in [2.45, 2.75) is 19.3 Å². The average Bonchev–Trinajstić information content (AvgIpc) is 2.27. The molecule has 0 aromatic carbocycles. The summed E-state index contributed by atoms with van der Waals surface area (Å²) < 4.78 is 33.7. The zero-order chi connectivity index (χ0) is 13.3. The van der Waals surface area contributed by atoms with Gasteiger partial charge in [0.1, 0.15) is 0 Å². The normalized spacial score (nSPS) is 10.9. The van der Waals surface area contributed by atoms with Crippen LogP contribution in [0.2, 0.25) is 0 Å². The van der Waals surface area contributed by atoms with Crippen LogP contribution in [0.4, 0.5) is 0 Å². The second-order valence-corrected chi connectivity index (χ2v) is 5.15. The first kappa shape index (κ1) is 15.9. The molecule has 0 atom stereocenters. The number of rotatable bonds is 8. The Morgan fingerprint density at radius 1 is 1.06 bits per heavy atom. The summed E-state index contributed by atoms with van der Waals surface area (Å²) in [6.45, 7) is -0.00672. The maximum Gasteiger partial charge on any atom is 0.306 e. The lowest BCUT2D eigenvalue weighted by atomic mass is 10.3. The largest absolute Gasteiger partial charge is 0.469 e. The molecule has 0 amide bonds. The summed E-state index contributed by atoms with van der Waals surface area (Å²) in [7, 11) is -0.984. The molecule has 0 bridgehead atoms. The molecule has 17 heavy (non-hydrogen) atoms. The van der Waals surface area contributed by atoms with Crippen LogP contribution >= 0.6 is 0 Å². The van der Waals surface area contributed by atoms with Crippen LogP contribution in [0.25, 0.3) is 0 Å². The number of nitrogens with one attached hydrogen (secondary N) is 1. The Balaban J connectivity index is 3.81. The van der Waals surface area contributed by atoms with Gasteiger partial charge in [0.2, 0.25) is 10.0 Å². The van der Waals surface area contributed by atoms with Crippen molar-refractivity contribution in [3.8, 4) is 0 Å². The molecule has 0 saturated carbocycles. The summed E-state index contributed by atoms with van der Waals surface area (Å²) in [6.07, 6.45) is 0.210. The molecule has 100 valence electrons. The predicted octanol–water partition coefficient (Wildman–Crippen LogP) is -0.578. The summed E-state index contributed by atoms with van der Waals surface area (Å²) in [5.41, 5.74) is 0. The third-order valence-corrected chi connectivity index (χ3v) is 3.37. The highest BCUT2D eigenvalue weighted by molar-refractivity contribution is 7.89. The van der Waals surface area contributed by atoms with Crippen molar-refractivity contribution < 1.29 is 27.5 Å². The fraction of sp³-hybridized carbons (Fsp3) is 0.778. The van der Waals surface area contributed by atoms with Crippen LogP contribution < -0.4 is 4.72 Å². The quantitative estimate of drug-likeness (QED) is 0.591. The van der Waals surface area contributed by atoms with E-state index in [9.17, 15) is 18.0 Å². The van der Waals surface area contributed by atoms with E-state index in [1.54, 1.807) is 0 Å². The van der Waals surface area contributed by atoms with Crippen molar-refractivity contribution >= 4 is 22.0 Å². The Hall–Kier alpha value is -1.15. The number of sulfonamides is 1. The zero-order valence-electron chi connectivity index (χ0n) is 9.89. The molecule has 7 nitrogen and oxygen atoms in total. The highest BCUT2D eigenvalue weighted by Gasteiger charge is 2.12. The lowest BCUT2D eigenvalue weighted by molar-refractivity contribution is -0.141. The molecule has 0 aromatic heterocycles. The SMILES string of the molecule is COC(=O)CCCS(=O)(=O)NCCC(=O)OC. The van der Waals surface area contributed by atoms with Crippen molar-refractivity contribution in [1.82, 2.24) is 4.72 Å². The minimum absolute atomic E-state index is 0.00672. The van der Waals surface area contributed by atoms with E-state index in [1.165, 1.54) is 14.2 Å². The Bertz CT molecular complexity index is 322. The zero-order valence-corrected chi connectivity index (χ0v) is 10.7. The number of hydrogen-bond acceptors (Lipinski definition) is 6. The highest BCUT2D eigenvalue weighted by atomic mass is 32.2. The number of hydrogen-bond donors (Lipinski definition) is 1. The monoisotopic (exact) mass is 267 g/mol. The number of carbonyl (C=O) groups excluding carboxylic acids is 2. The van der Waals surface area contributed by atoms with Crippen LogP contribution in [-0.2, 0) is 29.1 Å². The van der Waals surface area contributed by atoms with Crippen molar-refractivity contribution in [3.63, 3.8) is 0 Å². The van der Waals surface area contributed by atoms with E-state index < -0.39 is 22.0 Å². The lowest BCUT2D eigenvalue weighted by Crippen LogP contribution is -2.29. The molecule has 0 aliphatic heterocycles. The fourth-order valence-electron chi connectivity index (χ4n) is 0.991. The molecule has 0 unspecified atom stereocenters. The summed E-state index contributed by atoms with van der Waals surface area (Å²) in [6, 6.07) is 0. The molecule has 0 aromatic rings. The van der Waals surface area contributed by atoms with Crippen molar-refractivity contribution in [3.05, 3.63) is 0 Å². The second-order valence-electron chi connectivity index (χ2n) is 3.22. The Morgan fingerprint density at radius 2 is 1.59 bits per heavy atom. The van der Waals surface area contributed by atoms with Crippen LogP contribution in [0, 0.1) is 0 Å². The standard InChI is InChI=1S/C9H17NO6S/c1-15-8(11)4-3-7-17(13,14)10-6-5-9(12)16-2/h10H,3-7H2,1-2H3. The molecule has 0 rings (SSSR count). The van der Waals surface area contributed by atoms with Crippen molar-refractivity contribution in [2.75, 3.05) is 26.5 Å². The van der Waals surface area contributed by atoms with E-state index in [2.05, 4.69) is 14.2 Å². The van der Waals surface area contributed by atoms with Crippen LogP contribution in [0.1, 0.15) is 19.3 Å². The number of esters is 2. The van der Waals surface area contributed by atoms with Gasteiger partial charge < -0.3 is 9.47 Å². The number of methoxy groups -OCH3 is 2. The summed E-state index contributed by atoms with van der Waals surface area (Å²) >= 11 is 0. The van der Waals surface area contributed by atoms with E-state index >= 15 is 0 Å². The van der Waals surface area contributed by atoms with Gasteiger partial charge in [-0.15, -0.1) is 0 Å². The van der Waals surface area contributed by atoms with Crippen LogP contribution in [0.3, 0.4) is 0 Å². The van der Waals surface area contributed by atoms with E-state index in [0.29, 0.717) is 0 Å². The molecule has 0 heterocycles. The number of carbonyl (C=O) groups is 2. The molecule has 0 aliphatic rings. The van der Waals surface area contributed by atoms with Crippen LogP contribution in [0.5, 0.6) is 0 Å². The maximum absolute atomic E-state index is 11.4. The Kier molecular flexibility index (Phi) is 7.47. The molecule has 0 aliphatic carbocycles. The minimum Gasteiger partial charge on any atom is -0.469 e.